The molecule has 0 fully saturated rings. The first-order valence-corrected chi connectivity index (χ1v) is 7.38. The highest BCUT2D eigenvalue weighted by Gasteiger charge is 2.12. The average molecular weight is 309 g/mol. The van der Waals surface area contributed by atoms with Gasteiger partial charge >= 0.3 is 11.8 Å². The summed E-state index contributed by atoms with van der Waals surface area (Å²) in [6.07, 6.45) is 2.41. The summed E-state index contributed by atoms with van der Waals surface area (Å²) in [6.45, 7) is 4.03. The number of nitrogens with zero attached hydrogens (tertiary/aromatic N) is 1. The minimum Gasteiger partial charge on any atom is -0.318 e. The molecule has 2 rings (SSSR count). The van der Waals surface area contributed by atoms with Gasteiger partial charge in [0.1, 0.15) is 0 Å². The number of carbonyl (C=O) groups is 2. The molecule has 0 aliphatic heterocycles. The zero-order valence-electron chi connectivity index (χ0n) is 13.2. The Labute approximate surface area is 135 Å². The van der Waals surface area contributed by atoms with Gasteiger partial charge in [0.25, 0.3) is 0 Å². The zero-order valence-corrected chi connectivity index (χ0v) is 13.2. The molecule has 2 aromatic rings. The zero-order chi connectivity index (χ0) is 16.7. The fourth-order valence-corrected chi connectivity index (χ4v) is 1.88. The van der Waals surface area contributed by atoms with Gasteiger partial charge in [0, 0.05) is 5.69 Å². The van der Waals surface area contributed by atoms with Gasteiger partial charge in [-0.15, -0.1) is 0 Å². The molecule has 2 amide bonds. The van der Waals surface area contributed by atoms with Crippen LogP contribution in [-0.4, -0.2) is 18.0 Å². The normalized spacial score (nSPS) is 10.5. The number of hydrogen-bond donors (Lipinski definition) is 2. The molecule has 0 saturated carbocycles. The van der Waals surface area contributed by atoms with Gasteiger partial charge in [-0.25, -0.2) is 5.43 Å². The van der Waals surface area contributed by atoms with Crippen LogP contribution in [0.15, 0.2) is 53.6 Å². The van der Waals surface area contributed by atoms with Gasteiger partial charge in [-0.05, 0) is 36.6 Å². The molecule has 0 radical (unpaired) electrons. The third-order valence-corrected chi connectivity index (χ3v) is 3.28. The van der Waals surface area contributed by atoms with Crippen LogP contribution >= 0.6 is 0 Å². The number of amides is 2. The highest BCUT2D eigenvalue weighted by molar-refractivity contribution is 6.39. The third-order valence-electron chi connectivity index (χ3n) is 3.28. The van der Waals surface area contributed by atoms with E-state index in [-0.39, 0.29) is 0 Å². The molecule has 2 aromatic carbocycles. The average Bonchev–Trinajstić information content (AvgIpc) is 2.57. The minimum atomic E-state index is -0.812. The van der Waals surface area contributed by atoms with E-state index in [4.69, 9.17) is 0 Å². The van der Waals surface area contributed by atoms with Crippen LogP contribution in [0.5, 0.6) is 0 Å². The maximum absolute atomic E-state index is 11.8. The predicted molar refractivity (Wildman–Crippen MR) is 91.4 cm³/mol. The molecule has 0 aliphatic carbocycles. The van der Waals surface area contributed by atoms with Crippen molar-refractivity contribution in [1.82, 2.24) is 5.43 Å². The standard InChI is InChI=1S/C18H19N3O2/c1-3-14-8-10-16(11-9-14)20-17(22)18(23)21-19-12-15-6-4-13(2)5-7-15/h4-12H,3H2,1-2H3,(H,20,22)(H,21,23)/b19-12+. The molecule has 5 heteroatoms. The highest BCUT2D eigenvalue weighted by Crippen LogP contribution is 2.09. The molecule has 5 nitrogen and oxygen atoms in total. The molecule has 0 bridgehead atoms. The smallest absolute Gasteiger partial charge is 0.318 e. The fourth-order valence-electron chi connectivity index (χ4n) is 1.88. The predicted octanol–water partition coefficient (Wildman–Crippen LogP) is 2.65. The van der Waals surface area contributed by atoms with E-state index >= 15 is 0 Å². The number of carbonyl (C=O) groups excluding carboxylic acids is 2. The summed E-state index contributed by atoms with van der Waals surface area (Å²) in [5, 5.41) is 6.30. The highest BCUT2D eigenvalue weighted by atomic mass is 16.2. The molecular formula is C18H19N3O2. The lowest BCUT2D eigenvalue weighted by Gasteiger charge is -2.04. The first-order valence-electron chi connectivity index (χ1n) is 7.38. The van der Waals surface area contributed by atoms with Crippen molar-refractivity contribution in [2.75, 3.05) is 5.32 Å². The van der Waals surface area contributed by atoms with Crippen LogP contribution in [0.4, 0.5) is 5.69 Å². The third kappa shape index (κ3) is 5.07. The second kappa shape index (κ2) is 7.89. The van der Waals surface area contributed by atoms with Crippen LogP contribution in [0.1, 0.15) is 23.6 Å². The molecule has 0 aliphatic rings. The summed E-state index contributed by atoms with van der Waals surface area (Å²) in [5.41, 5.74) is 5.92. The second-order valence-corrected chi connectivity index (χ2v) is 5.11. The van der Waals surface area contributed by atoms with Crippen LogP contribution in [0.25, 0.3) is 0 Å². The van der Waals surface area contributed by atoms with Crippen molar-refractivity contribution in [3.8, 4) is 0 Å². The summed E-state index contributed by atoms with van der Waals surface area (Å²) in [4.78, 5) is 23.4. The van der Waals surface area contributed by atoms with Gasteiger partial charge < -0.3 is 5.32 Å². The minimum absolute atomic E-state index is 0.574. The Morgan fingerprint density at radius 3 is 2.26 bits per heavy atom. The Morgan fingerprint density at radius 1 is 1.00 bits per heavy atom. The lowest BCUT2D eigenvalue weighted by atomic mass is 10.1. The van der Waals surface area contributed by atoms with E-state index in [1.54, 1.807) is 12.1 Å². The van der Waals surface area contributed by atoms with Crippen LogP contribution in [0.2, 0.25) is 0 Å². The van der Waals surface area contributed by atoms with E-state index in [0.29, 0.717) is 5.69 Å². The number of rotatable bonds is 4. The van der Waals surface area contributed by atoms with Crippen LogP contribution < -0.4 is 10.7 Å². The summed E-state index contributed by atoms with van der Waals surface area (Å²) in [6, 6.07) is 15.0. The van der Waals surface area contributed by atoms with Crippen LogP contribution in [0.3, 0.4) is 0 Å². The molecule has 0 atom stereocenters. The van der Waals surface area contributed by atoms with Crippen molar-refractivity contribution >= 4 is 23.7 Å². The molecule has 0 aromatic heterocycles. The summed E-state index contributed by atoms with van der Waals surface area (Å²) >= 11 is 0. The van der Waals surface area contributed by atoms with Crippen molar-refractivity contribution in [3.05, 3.63) is 65.2 Å². The molecule has 0 heterocycles. The van der Waals surface area contributed by atoms with Crippen molar-refractivity contribution in [2.24, 2.45) is 5.10 Å². The van der Waals surface area contributed by atoms with Gasteiger partial charge in [0.05, 0.1) is 6.21 Å². The van der Waals surface area contributed by atoms with Gasteiger partial charge in [0.2, 0.25) is 0 Å². The monoisotopic (exact) mass is 309 g/mol. The number of aryl methyl sites for hydroxylation is 2. The SMILES string of the molecule is CCc1ccc(NC(=O)C(=O)N/N=C/c2ccc(C)cc2)cc1. The van der Waals surface area contributed by atoms with Crippen molar-refractivity contribution in [3.63, 3.8) is 0 Å². The Morgan fingerprint density at radius 2 is 1.65 bits per heavy atom. The van der Waals surface area contributed by atoms with E-state index in [9.17, 15) is 9.59 Å². The molecule has 0 saturated heterocycles. The Hall–Kier alpha value is -2.95. The topological polar surface area (TPSA) is 70.6 Å². The Bertz CT molecular complexity index is 704. The van der Waals surface area contributed by atoms with Gasteiger partial charge in [-0.2, -0.15) is 5.10 Å². The molecule has 0 unspecified atom stereocenters. The van der Waals surface area contributed by atoms with Crippen molar-refractivity contribution in [2.45, 2.75) is 20.3 Å². The van der Waals surface area contributed by atoms with Gasteiger partial charge in [0.15, 0.2) is 0 Å². The first kappa shape index (κ1) is 16.4. The van der Waals surface area contributed by atoms with Gasteiger partial charge in [-0.3, -0.25) is 9.59 Å². The summed E-state index contributed by atoms with van der Waals surface area (Å²) in [5.74, 6) is -1.57. The maximum atomic E-state index is 11.8. The largest absolute Gasteiger partial charge is 0.329 e. The molecule has 0 spiro atoms. The van der Waals surface area contributed by atoms with E-state index in [0.717, 1.165) is 23.1 Å². The lowest BCUT2D eigenvalue weighted by molar-refractivity contribution is -0.136. The van der Waals surface area contributed by atoms with Crippen molar-refractivity contribution in [1.29, 1.82) is 0 Å². The number of nitrogens with one attached hydrogen (secondary N) is 2. The molecular weight excluding hydrogens is 290 g/mol. The lowest BCUT2D eigenvalue weighted by Crippen LogP contribution is -2.32. The van der Waals surface area contributed by atoms with Crippen LogP contribution in [-0.2, 0) is 16.0 Å². The molecule has 23 heavy (non-hydrogen) atoms. The Kier molecular flexibility index (Phi) is 5.63. The van der Waals surface area contributed by atoms with E-state index in [1.807, 2.05) is 50.2 Å². The number of hydrogen-bond acceptors (Lipinski definition) is 3. The first-order chi connectivity index (χ1) is 11.1. The van der Waals surface area contributed by atoms with Gasteiger partial charge in [-0.1, -0.05) is 48.9 Å². The van der Waals surface area contributed by atoms with E-state index < -0.39 is 11.8 Å². The van der Waals surface area contributed by atoms with E-state index in [1.165, 1.54) is 6.21 Å². The van der Waals surface area contributed by atoms with Crippen molar-refractivity contribution < 1.29 is 9.59 Å². The van der Waals surface area contributed by atoms with Crippen LogP contribution in [0, 0.1) is 6.92 Å². The maximum Gasteiger partial charge on any atom is 0.329 e. The number of benzene rings is 2. The van der Waals surface area contributed by atoms with E-state index in [2.05, 4.69) is 15.8 Å². The molecule has 2 N–H and O–H groups in total. The summed E-state index contributed by atoms with van der Waals surface area (Å²) < 4.78 is 0. The fraction of sp³-hybridized carbons (Fsp3) is 0.167. The quantitative estimate of drug-likeness (QED) is 0.518. The number of anilines is 1. The second-order valence-electron chi connectivity index (χ2n) is 5.11. The number of hydrazone groups is 1. The Balaban J connectivity index is 1.86. The molecule has 118 valence electrons. The summed E-state index contributed by atoms with van der Waals surface area (Å²) in [7, 11) is 0.